The molecule has 1 aliphatic rings. The van der Waals surface area contributed by atoms with E-state index in [2.05, 4.69) is 49.8 Å². The normalized spacial score (nSPS) is 13.8. The van der Waals surface area contributed by atoms with Crippen LogP contribution < -0.4 is 15.5 Å². The number of morpholine rings is 1. The van der Waals surface area contributed by atoms with Crippen molar-refractivity contribution < 1.29 is 9.84 Å². The zero-order valence-corrected chi connectivity index (χ0v) is 17.1. The predicted molar refractivity (Wildman–Crippen MR) is 120 cm³/mol. The molecule has 1 saturated heterocycles. The maximum atomic E-state index is 9.38. The molecule has 3 N–H and O–H groups in total. The monoisotopic (exact) mass is 405 g/mol. The van der Waals surface area contributed by atoms with Gasteiger partial charge in [0, 0.05) is 42.8 Å². The molecule has 0 amide bonds. The summed E-state index contributed by atoms with van der Waals surface area (Å²) in [4.78, 5) is 11.4. The number of hydrogen-bond acceptors (Lipinski definition) is 7. The predicted octanol–water partition coefficient (Wildman–Crippen LogP) is 3.73. The second-order valence-corrected chi connectivity index (χ2v) is 7.33. The molecule has 0 spiro atoms. The lowest BCUT2D eigenvalue weighted by molar-refractivity contribution is 0.122. The topological polar surface area (TPSA) is 82.5 Å². The molecule has 0 saturated carbocycles. The third-order valence-corrected chi connectivity index (χ3v) is 5.01. The number of phenols is 1. The number of rotatable bonds is 7. The fourth-order valence-corrected chi connectivity index (χ4v) is 3.42. The Bertz CT molecular complexity index is 954. The van der Waals surface area contributed by atoms with Crippen LogP contribution >= 0.6 is 0 Å². The first-order chi connectivity index (χ1) is 14.7. The lowest BCUT2D eigenvalue weighted by Crippen LogP contribution is -2.36. The highest BCUT2D eigenvalue weighted by Gasteiger charge is 2.11. The van der Waals surface area contributed by atoms with Crippen LogP contribution in [0.4, 0.5) is 23.1 Å². The summed E-state index contributed by atoms with van der Waals surface area (Å²) in [5.41, 5.74) is 4.20. The molecule has 0 bridgehead atoms. The summed E-state index contributed by atoms with van der Waals surface area (Å²) in [6, 6.07) is 17.5. The standard InChI is InChI=1S/C23H27N5O2/c1-17-16-22(24-11-10-18-2-8-21(29)9-3-18)27-23(25-17)26-19-4-6-20(7-5-19)28-12-14-30-15-13-28/h2-9,16,29H,10-15H2,1H3,(H2,24,25,26,27). The summed E-state index contributed by atoms with van der Waals surface area (Å²) < 4.78 is 5.42. The van der Waals surface area contributed by atoms with Crippen LogP contribution in [0.25, 0.3) is 0 Å². The molecule has 0 unspecified atom stereocenters. The van der Waals surface area contributed by atoms with Crippen molar-refractivity contribution in [2.24, 2.45) is 0 Å². The summed E-state index contributed by atoms with van der Waals surface area (Å²) >= 11 is 0. The second kappa shape index (κ2) is 9.45. The van der Waals surface area contributed by atoms with Crippen LogP contribution in [0.5, 0.6) is 5.75 Å². The van der Waals surface area contributed by atoms with Gasteiger partial charge in [-0.25, -0.2) is 4.98 Å². The Hall–Kier alpha value is -3.32. The number of hydrogen-bond donors (Lipinski definition) is 3. The van der Waals surface area contributed by atoms with E-state index in [1.165, 1.54) is 5.69 Å². The molecule has 3 aromatic rings. The molecule has 1 fully saturated rings. The molecular weight excluding hydrogens is 378 g/mol. The average molecular weight is 406 g/mol. The van der Waals surface area contributed by atoms with E-state index in [1.54, 1.807) is 12.1 Å². The number of benzene rings is 2. The summed E-state index contributed by atoms with van der Waals surface area (Å²) in [6.45, 7) is 6.10. The molecule has 7 heteroatoms. The fourth-order valence-electron chi connectivity index (χ4n) is 3.42. The highest BCUT2D eigenvalue weighted by Crippen LogP contribution is 2.21. The van der Waals surface area contributed by atoms with Crippen molar-refractivity contribution in [2.45, 2.75) is 13.3 Å². The van der Waals surface area contributed by atoms with Gasteiger partial charge in [0.05, 0.1) is 13.2 Å². The molecule has 0 atom stereocenters. The van der Waals surface area contributed by atoms with Gasteiger partial charge in [0.15, 0.2) is 0 Å². The molecular formula is C23H27N5O2. The van der Waals surface area contributed by atoms with Crippen molar-refractivity contribution in [3.63, 3.8) is 0 Å². The number of aromatic nitrogens is 2. The van der Waals surface area contributed by atoms with E-state index in [9.17, 15) is 5.11 Å². The van der Waals surface area contributed by atoms with Crippen LogP contribution in [-0.2, 0) is 11.2 Å². The molecule has 30 heavy (non-hydrogen) atoms. The highest BCUT2D eigenvalue weighted by atomic mass is 16.5. The number of phenolic OH excluding ortho intramolecular Hbond substituents is 1. The first kappa shape index (κ1) is 20.0. The largest absolute Gasteiger partial charge is 0.508 e. The minimum atomic E-state index is 0.284. The van der Waals surface area contributed by atoms with Gasteiger partial charge in [-0.15, -0.1) is 0 Å². The molecule has 2 aromatic carbocycles. The number of nitrogens with one attached hydrogen (secondary N) is 2. The molecule has 156 valence electrons. The van der Waals surface area contributed by atoms with Crippen molar-refractivity contribution in [1.29, 1.82) is 0 Å². The molecule has 0 aliphatic carbocycles. The Morgan fingerprint density at radius 3 is 2.47 bits per heavy atom. The lowest BCUT2D eigenvalue weighted by atomic mass is 10.1. The number of anilines is 4. The Morgan fingerprint density at radius 1 is 1.00 bits per heavy atom. The van der Waals surface area contributed by atoms with Crippen LogP contribution in [0.3, 0.4) is 0 Å². The average Bonchev–Trinajstić information content (AvgIpc) is 2.76. The first-order valence-corrected chi connectivity index (χ1v) is 10.2. The maximum Gasteiger partial charge on any atom is 0.229 e. The van der Waals surface area contributed by atoms with Gasteiger partial charge in [0.1, 0.15) is 11.6 Å². The fraction of sp³-hybridized carbons (Fsp3) is 0.304. The van der Waals surface area contributed by atoms with Crippen molar-refractivity contribution in [3.8, 4) is 5.75 Å². The van der Waals surface area contributed by atoms with Gasteiger partial charge in [-0.2, -0.15) is 4.98 Å². The van der Waals surface area contributed by atoms with Crippen molar-refractivity contribution >= 4 is 23.1 Å². The van der Waals surface area contributed by atoms with E-state index >= 15 is 0 Å². The SMILES string of the molecule is Cc1cc(NCCc2ccc(O)cc2)nc(Nc2ccc(N3CCOCC3)cc2)n1. The third-order valence-electron chi connectivity index (χ3n) is 5.01. The van der Waals surface area contributed by atoms with Crippen molar-refractivity contribution in [2.75, 3.05) is 48.4 Å². The van der Waals surface area contributed by atoms with E-state index < -0.39 is 0 Å². The molecule has 1 aliphatic heterocycles. The molecule has 0 radical (unpaired) electrons. The van der Waals surface area contributed by atoms with Crippen molar-refractivity contribution in [1.82, 2.24) is 9.97 Å². The third kappa shape index (κ3) is 5.39. The zero-order chi connectivity index (χ0) is 20.8. The van der Waals surface area contributed by atoms with E-state index in [0.717, 1.165) is 62.0 Å². The van der Waals surface area contributed by atoms with Crippen LogP contribution in [-0.4, -0.2) is 47.9 Å². The lowest BCUT2D eigenvalue weighted by Gasteiger charge is -2.28. The smallest absolute Gasteiger partial charge is 0.229 e. The molecule has 7 nitrogen and oxygen atoms in total. The van der Waals surface area contributed by atoms with Gasteiger partial charge in [-0.05, 0) is 55.3 Å². The minimum absolute atomic E-state index is 0.284. The number of nitrogens with zero attached hydrogens (tertiary/aromatic N) is 3. The van der Waals surface area contributed by atoms with Gasteiger partial charge in [-0.3, -0.25) is 0 Å². The van der Waals surface area contributed by atoms with E-state index in [-0.39, 0.29) is 5.75 Å². The van der Waals surface area contributed by atoms with Crippen molar-refractivity contribution in [3.05, 3.63) is 65.9 Å². The maximum absolute atomic E-state index is 9.38. The first-order valence-electron chi connectivity index (χ1n) is 10.2. The zero-order valence-electron chi connectivity index (χ0n) is 17.1. The Morgan fingerprint density at radius 2 is 1.73 bits per heavy atom. The van der Waals surface area contributed by atoms with Gasteiger partial charge in [0.2, 0.25) is 5.95 Å². The Labute approximate surface area is 176 Å². The van der Waals surface area contributed by atoms with Crippen LogP contribution in [0.1, 0.15) is 11.3 Å². The summed E-state index contributed by atoms with van der Waals surface area (Å²) in [7, 11) is 0. The highest BCUT2D eigenvalue weighted by molar-refractivity contribution is 5.60. The van der Waals surface area contributed by atoms with Gasteiger partial charge in [0.25, 0.3) is 0 Å². The molecule has 1 aromatic heterocycles. The van der Waals surface area contributed by atoms with E-state index in [4.69, 9.17) is 4.74 Å². The minimum Gasteiger partial charge on any atom is -0.508 e. The summed E-state index contributed by atoms with van der Waals surface area (Å²) in [6.07, 6.45) is 0.842. The van der Waals surface area contributed by atoms with E-state index in [0.29, 0.717) is 5.95 Å². The van der Waals surface area contributed by atoms with Crippen LogP contribution in [0, 0.1) is 6.92 Å². The summed E-state index contributed by atoms with van der Waals surface area (Å²) in [5, 5.41) is 16.0. The number of aromatic hydroxyl groups is 1. The summed E-state index contributed by atoms with van der Waals surface area (Å²) in [5.74, 6) is 1.64. The van der Waals surface area contributed by atoms with Crippen LogP contribution in [0.2, 0.25) is 0 Å². The van der Waals surface area contributed by atoms with Crippen LogP contribution in [0.15, 0.2) is 54.6 Å². The Kier molecular flexibility index (Phi) is 6.29. The van der Waals surface area contributed by atoms with E-state index in [1.807, 2.05) is 25.1 Å². The van der Waals surface area contributed by atoms with Gasteiger partial charge in [-0.1, -0.05) is 12.1 Å². The van der Waals surface area contributed by atoms with Gasteiger partial charge < -0.3 is 25.4 Å². The number of ether oxygens (including phenoxy) is 1. The second-order valence-electron chi connectivity index (χ2n) is 7.33. The van der Waals surface area contributed by atoms with Gasteiger partial charge >= 0.3 is 0 Å². The number of aryl methyl sites for hydroxylation is 1. The molecule has 2 heterocycles. The Balaban J connectivity index is 1.36. The quantitative estimate of drug-likeness (QED) is 0.552. The molecule has 4 rings (SSSR count).